The number of rotatable bonds is 10. The van der Waals surface area contributed by atoms with Crippen LogP contribution in [0.3, 0.4) is 0 Å². The highest BCUT2D eigenvalue weighted by Crippen LogP contribution is 2.28. The highest BCUT2D eigenvalue weighted by molar-refractivity contribution is 7.99. The van der Waals surface area contributed by atoms with E-state index in [1.807, 2.05) is 30.0 Å². The van der Waals surface area contributed by atoms with E-state index in [1.54, 1.807) is 37.3 Å². The van der Waals surface area contributed by atoms with Gasteiger partial charge in [-0.25, -0.2) is 14.4 Å². The lowest BCUT2D eigenvalue weighted by Gasteiger charge is -2.40. The summed E-state index contributed by atoms with van der Waals surface area (Å²) < 4.78 is 24.7. The summed E-state index contributed by atoms with van der Waals surface area (Å²) in [6, 6.07) is 13.1. The Kier molecular flexibility index (Phi) is 10.1. The zero-order valence-corrected chi connectivity index (χ0v) is 24.1. The zero-order chi connectivity index (χ0) is 28.6. The molecule has 1 aliphatic heterocycles. The molecule has 2 amide bonds. The number of amides is 2. The Bertz CT molecular complexity index is 1360. The SMILES string of the molecule is COc1ccc(CCNC(=O)CSc2nc(Cl)cc(N3CCN(C(=O)c4ccccc4F)C(C)C3)n2)cc1OC. The molecule has 0 bridgehead atoms. The van der Waals surface area contributed by atoms with E-state index in [2.05, 4.69) is 15.3 Å². The molecule has 1 aromatic heterocycles. The van der Waals surface area contributed by atoms with Crippen LogP contribution >= 0.6 is 23.4 Å². The Hall–Kier alpha value is -3.57. The van der Waals surface area contributed by atoms with Crippen LogP contribution in [0.5, 0.6) is 11.5 Å². The highest BCUT2D eigenvalue weighted by atomic mass is 35.5. The van der Waals surface area contributed by atoms with Gasteiger partial charge in [0.2, 0.25) is 5.91 Å². The standard InChI is InChI=1S/C28H31ClFN5O4S/c1-18-16-34(12-13-35(18)27(37)20-6-4-5-7-21(20)30)25-15-24(29)32-28(33-25)40-17-26(36)31-11-10-19-8-9-22(38-2)23(14-19)39-3/h4-9,14-15,18H,10-13,16-17H2,1-3H3,(H,31,36). The molecule has 4 rings (SSSR count). The molecular formula is C28H31ClFN5O4S. The van der Waals surface area contributed by atoms with Gasteiger partial charge in [0.15, 0.2) is 16.7 Å². The van der Waals surface area contributed by atoms with Crippen molar-refractivity contribution in [2.75, 3.05) is 51.1 Å². The minimum Gasteiger partial charge on any atom is -0.493 e. The van der Waals surface area contributed by atoms with Crippen molar-refractivity contribution in [3.8, 4) is 11.5 Å². The van der Waals surface area contributed by atoms with Crippen molar-refractivity contribution < 1.29 is 23.5 Å². The van der Waals surface area contributed by atoms with E-state index in [-0.39, 0.29) is 34.3 Å². The second-order valence-electron chi connectivity index (χ2n) is 9.18. The van der Waals surface area contributed by atoms with Gasteiger partial charge in [0, 0.05) is 38.3 Å². The largest absolute Gasteiger partial charge is 0.493 e. The summed E-state index contributed by atoms with van der Waals surface area (Å²) in [5.74, 6) is 1.03. The Morgan fingerprint density at radius 2 is 1.88 bits per heavy atom. The van der Waals surface area contributed by atoms with Crippen molar-refractivity contribution in [2.45, 2.75) is 24.5 Å². The number of thioether (sulfide) groups is 1. The number of piperazine rings is 1. The van der Waals surface area contributed by atoms with Gasteiger partial charge in [-0.2, -0.15) is 0 Å². The maximum absolute atomic E-state index is 14.2. The van der Waals surface area contributed by atoms with E-state index in [0.29, 0.717) is 55.1 Å². The number of ether oxygens (including phenoxy) is 2. The fourth-order valence-electron chi connectivity index (χ4n) is 4.43. The third-order valence-electron chi connectivity index (χ3n) is 6.49. The van der Waals surface area contributed by atoms with E-state index in [9.17, 15) is 14.0 Å². The lowest BCUT2D eigenvalue weighted by atomic mass is 10.1. The van der Waals surface area contributed by atoms with Crippen LogP contribution in [0.1, 0.15) is 22.8 Å². The molecule has 0 spiro atoms. The van der Waals surface area contributed by atoms with E-state index < -0.39 is 5.82 Å². The van der Waals surface area contributed by atoms with E-state index >= 15 is 0 Å². The van der Waals surface area contributed by atoms with Crippen molar-refractivity contribution in [3.05, 3.63) is 70.6 Å². The number of carbonyl (C=O) groups is 2. The van der Waals surface area contributed by atoms with E-state index in [0.717, 1.165) is 5.56 Å². The van der Waals surface area contributed by atoms with Gasteiger partial charge in [-0.05, 0) is 43.2 Å². The molecule has 0 radical (unpaired) electrons. The number of aromatic nitrogens is 2. The van der Waals surface area contributed by atoms with E-state index in [1.165, 1.54) is 23.9 Å². The van der Waals surface area contributed by atoms with Crippen molar-refractivity contribution >= 4 is 41.0 Å². The topological polar surface area (TPSA) is 96.9 Å². The summed E-state index contributed by atoms with van der Waals surface area (Å²) in [5.41, 5.74) is 1.08. The Morgan fingerprint density at radius 3 is 2.60 bits per heavy atom. The molecule has 1 aliphatic rings. The molecule has 40 heavy (non-hydrogen) atoms. The number of nitrogens with one attached hydrogen (secondary N) is 1. The summed E-state index contributed by atoms with van der Waals surface area (Å²) in [6.07, 6.45) is 0.637. The smallest absolute Gasteiger partial charge is 0.257 e. The zero-order valence-electron chi connectivity index (χ0n) is 22.5. The lowest BCUT2D eigenvalue weighted by Crippen LogP contribution is -2.54. The highest BCUT2D eigenvalue weighted by Gasteiger charge is 2.30. The van der Waals surface area contributed by atoms with Crippen LogP contribution < -0.4 is 19.7 Å². The molecule has 12 heteroatoms. The molecule has 1 unspecified atom stereocenters. The Labute approximate surface area is 242 Å². The molecule has 1 saturated heterocycles. The van der Waals surface area contributed by atoms with Crippen LogP contribution in [0.4, 0.5) is 10.2 Å². The number of nitrogens with zero attached hydrogens (tertiary/aromatic N) is 4. The van der Waals surface area contributed by atoms with Crippen LogP contribution in [-0.2, 0) is 11.2 Å². The average molecular weight is 588 g/mol. The summed E-state index contributed by atoms with van der Waals surface area (Å²) in [5, 5.41) is 3.55. The molecule has 0 aliphatic carbocycles. The first-order valence-electron chi connectivity index (χ1n) is 12.7. The lowest BCUT2D eigenvalue weighted by molar-refractivity contribution is -0.118. The predicted octanol–water partition coefficient (Wildman–Crippen LogP) is 4.09. The molecule has 9 nitrogen and oxygen atoms in total. The molecule has 1 N–H and O–H groups in total. The third-order valence-corrected chi connectivity index (χ3v) is 7.53. The number of hydrogen-bond acceptors (Lipinski definition) is 8. The van der Waals surface area contributed by atoms with Gasteiger partial charge in [-0.1, -0.05) is 41.6 Å². The second kappa shape index (κ2) is 13.7. The van der Waals surface area contributed by atoms with Crippen molar-refractivity contribution in [1.29, 1.82) is 0 Å². The number of hydrogen-bond donors (Lipinski definition) is 1. The average Bonchev–Trinajstić information content (AvgIpc) is 2.95. The van der Waals surface area contributed by atoms with Gasteiger partial charge >= 0.3 is 0 Å². The van der Waals surface area contributed by atoms with Crippen LogP contribution in [-0.4, -0.2) is 78.9 Å². The molecule has 1 atom stereocenters. The molecule has 0 saturated carbocycles. The summed E-state index contributed by atoms with van der Waals surface area (Å²) in [4.78, 5) is 37.9. The van der Waals surface area contributed by atoms with E-state index in [4.69, 9.17) is 21.1 Å². The summed E-state index contributed by atoms with van der Waals surface area (Å²) >= 11 is 7.47. The van der Waals surface area contributed by atoms with Crippen LogP contribution in [0.15, 0.2) is 53.7 Å². The molecule has 2 heterocycles. The first kappa shape index (κ1) is 29.4. The van der Waals surface area contributed by atoms with Gasteiger partial charge in [0.1, 0.15) is 16.8 Å². The minimum absolute atomic E-state index is 0.0635. The van der Waals surface area contributed by atoms with Gasteiger partial charge in [0.25, 0.3) is 5.91 Å². The Morgan fingerprint density at radius 1 is 1.10 bits per heavy atom. The number of anilines is 1. The first-order valence-corrected chi connectivity index (χ1v) is 14.1. The normalized spacial score (nSPS) is 15.1. The predicted molar refractivity (Wildman–Crippen MR) is 153 cm³/mol. The van der Waals surface area contributed by atoms with Crippen molar-refractivity contribution in [2.24, 2.45) is 0 Å². The molecular weight excluding hydrogens is 557 g/mol. The maximum atomic E-state index is 14.2. The third kappa shape index (κ3) is 7.33. The van der Waals surface area contributed by atoms with Crippen LogP contribution in [0.25, 0.3) is 0 Å². The minimum atomic E-state index is -0.531. The fraction of sp³-hybridized carbons (Fsp3) is 0.357. The van der Waals surface area contributed by atoms with Gasteiger partial charge < -0.3 is 24.6 Å². The molecule has 1 fully saturated rings. The Balaban J connectivity index is 1.29. The quantitative estimate of drug-likeness (QED) is 0.215. The van der Waals surface area contributed by atoms with Gasteiger partial charge in [-0.15, -0.1) is 0 Å². The summed E-state index contributed by atoms with van der Waals surface area (Å²) in [6.45, 7) is 3.77. The van der Waals surface area contributed by atoms with Crippen LogP contribution in [0.2, 0.25) is 5.15 Å². The van der Waals surface area contributed by atoms with Crippen molar-refractivity contribution in [1.82, 2.24) is 20.2 Å². The molecule has 2 aromatic carbocycles. The number of halogens is 2. The van der Waals surface area contributed by atoms with Crippen molar-refractivity contribution in [3.63, 3.8) is 0 Å². The van der Waals surface area contributed by atoms with Gasteiger partial charge in [-0.3, -0.25) is 9.59 Å². The maximum Gasteiger partial charge on any atom is 0.257 e. The monoisotopic (exact) mass is 587 g/mol. The first-order chi connectivity index (χ1) is 19.3. The second-order valence-corrected chi connectivity index (χ2v) is 10.5. The van der Waals surface area contributed by atoms with Crippen LogP contribution in [0, 0.1) is 5.82 Å². The molecule has 3 aromatic rings. The number of benzene rings is 2. The van der Waals surface area contributed by atoms with Gasteiger partial charge in [0.05, 0.1) is 25.5 Å². The molecule has 212 valence electrons. The fourth-order valence-corrected chi connectivity index (χ4v) is 5.34. The summed E-state index contributed by atoms with van der Waals surface area (Å²) in [7, 11) is 3.17. The number of methoxy groups -OCH3 is 2. The number of carbonyl (C=O) groups excluding carboxylic acids is 2.